The van der Waals surface area contributed by atoms with Crippen molar-refractivity contribution in [1.82, 2.24) is 9.69 Å². The topological polar surface area (TPSA) is 71.1 Å². The van der Waals surface area contributed by atoms with Gasteiger partial charge in [0.25, 0.3) is 5.91 Å². The molecule has 0 bridgehead atoms. The van der Waals surface area contributed by atoms with E-state index in [0.717, 1.165) is 11.5 Å². The number of carbonyl (C=O) groups excluding carboxylic acids is 2. The highest BCUT2D eigenvalue weighted by Gasteiger charge is 2.11. The molecule has 0 radical (unpaired) electrons. The number of amides is 2. The first kappa shape index (κ1) is 8.66. The van der Waals surface area contributed by atoms with Gasteiger partial charge in [-0.1, -0.05) is 0 Å². The number of anilines is 1. The second kappa shape index (κ2) is 3.82. The molecule has 0 aromatic carbocycles. The summed E-state index contributed by atoms with van der Waals surface area (Å²) in [6.45, 7) is 0. The fourth-order valence-electron chi connectivity index (χ4n) is 0.685. The molecule has 0 aliphatic carbocycles. The van der Waals surface area contributed by atoms with Gasteiger partial charge in [0.2, 0.25) is 6.41 Å². The van der Waals surface area contributed by atoms with E-state index in [1.807, 2.05) is 0 Å². The van der Waals surface area contributed by atoms with Crippen LogP contribution in [0.4, 0.5) is 5.69 Å². The summed E-state index contributed by atoms with van der Waals surface area (Å²) >= 11 is 1.12. The fourth-order valence-corrected chi connectivity index (χ4v) is 1.31. The lowest BCUT2D eigenvalue weighted by Crippen LogP contribution is -2.19. The van der Waals surface area contributed by atoms with Crippen LogP contribution in [0.25, 0.3) is 0 Å². The van der Waals surface area contributed by atoms with Gasteiger partial charge in [0.1, 0.15) is 0 Å². The van der Waals surface area contributed by atoms with Crippen molar-refractivity contribution in [3.05, 3.63) is 11.1 Å². The van der Waals surface area contributed by atoms with Gasteiger partial charge in [-0.25, -0.2) is 0 Å². The molecule has 2 amide bonds. The largest absolute Gasteiger partial charge is 0.354 e. The lowest BCUT2D eigenvalue weighted by Gasteiger charge is -1.97. The summed E-state index contributed by atoms with van der Waals surface area (Å²) < 4.78 is 3.81. The minimum atomic E-state index is -0.305. The van der Waals surface area contributed by atoms with Crippen LogP contribution in [0.2, 0.25) is 0 Å². The number of hydrogen-bond acceptors (Lipinski definition) is 4. The van der Waals surface area contributed by atoms with E-state index < -0.39 is 0 Å². The van der Waals surface area contributed by atoms with Crippen LogP contribution < -0.4 is 10.6 Å². The van der Waals surface area contributed by atoms with E-state index in [4.69, 9.17) is 0 Å². The summed E-state index contributed by atoms with van der Waals surface area (Å²) in [6, 6.07) is 0. The van der Waals surface area contributed by atoms with Gasteiger partial charge in [-0.3, -0.25) is 9.59 Å². The van der Waals surface area contributed by atoms with Crippen molar-refractivity contribution in [3.63, 3.8) is 0 Å². The van der Waals surface area contributed by atoms with Crippen molar-refractivity contribution in [2.45, 2.75) is 0 Å². The molecule has 0 aliphatic heterocycles. The van der Waals surface area contributed by atoms with E-state index in [2.05, 4.69) is 15.0 Å². The van der Waals surface area contributed by atoms with Crippen LogP contribution in [0.5, 0.6) is 0 Å². The molecule has 0 fully saturated rings. The van der Waals surface area contributed by atoms with E-state index in [1.165, 1.54) is 7.05 Å². The molecule has 6 heteroatoms. The van der Waals surface area contributed by atoms with Crippen molar-refractivity contribution >= 4 is 29.5 Å². The maximum absolute atomic E-state index is 11.0. The molecule has 1 aromatic rings. The van der Waals surface area contributed by atoms with E-state index in [-0.39, 0.29) is 11.6 Å². The Balaban J connectivity index is 2.90. The van der Waals surface area contributed by atoms with Gasteiger partial charge in [-0.15, -0.1) is 0 Å². The standard InChI is InChI=1S/C6H7N3O2S/c1-7-6(11)5-4(8-3-10)2-12-9-5/h2-3H,1H3,(H,7,11)(H,8,10). The number of nitrogens with zero attached hydrogens (tertiary/aromatic N) is 1. The quantitative estimate of drug-likeness (QED) is 0.655. The van der Waals surface area contributed by atoms with E-state index >= 15 is 0 Å². The average molecular weight is 185 g/mol. The molecular formula is C6H7N3O2S. The van der Waals surface area contributed by atoms with Crippen LogP contribution in [0.15, 0.2) is 5.38 Å². The average Bonchev–Trinajstić information content (AvgIpc) is 2.52. The number of rotatable bonds is 3. The maximum atomic E-state index is 11.0. The molecule has 1 heterocycles. The minimum absolute atomic E-state index is 0.245. The zero-order valence-corrected chi connectivity index (χ0v) is 7.14. The third-order valence-electron chi connectivity index (χ3n) is 1.23. The first-order valence-electron chi connectivity index (χ1n) is 3.16. The maximum Gasteiger partial charge on any atom is 0.272 e. The highest BCUT2D eigenvalue weighted by atomic mass is 32.1. The lowest BCUT2D eigenvalue weighted by atomic mass is 10.3. The Bertz CT molecular complexity index is 297. The summed E-state index contributed by atoms with van der Waals surface area (Å²) in [5, 5.41) is 6.39. The molecule has 12 heavy (non-hydrogen) atoms. The highest BCUT2D eigenvalue weighted by molar-refractivity contribution is 7.04. The smallest absolute Gasteiger partial charge is 0.272 e. The minimum Gasteiger partial charge on any atom is -0.354 e. The van der Waals surface area contributed by atoms with Gasteiger partial charge >= 0.3 is 0 Å². The molecule has 2 N–H and O–H groups in total. The summed E-state index contributed by atoms with van der Waals surface area (Å²) in [5.74, 6) is -0.305. The predicted octanol–water partition coefficient (Wildman–Crippen LogP) is 0.0710. The molecule has 1 aromatic heterocycles. The summed E-state index contributed by atoms with van der Waals surface area (Å²) in [6.07, 6.45) is 0.510. The van der Waals surface area contributed by atoms with E-state index in [0.29, 0.717) is 12.1 Å². The molecule has 0 saturated carbocycles. The van der Waals surface area contributed by atoms with Crippen LogP contribution in [0, 0.1) is 0 Å². The fraction of sp³-hybridized carbons (Fsp3) is 0.167. The molecule has 0 saturated heterocycles. The molecule has 0 unspecified atom stereocenters. The van der Waals surface area contributed by atoms with Crippen molar-refractivity contribution in [2.24, 2.45) is 0 Å². The van der Waals surface area contributed by atoms with Gasteiger partial charge in [0, 0.05) is 12.4 Å². The number of hydrogen-bond donors (Lipinski definition) is 2. The van der Waals surface area contributed by atoms with Crippen LogP contribution in [0.3, 0.4) is 0 Å². The Morgan fingerprint density at radius 3 is 3.08 bits per heavy atom. The Morgan fingerprint density at radius 2 is 2.50 bits per heavy atom. The molecule has 64 valence electrons. The summed E-state index contributed by atoms with van der Waals surface area (Å²) in [5.41, 5.74) is 0.684. The SMILES string of the molecule is CNC(=O)c1nscc1NC=O. The van der Waals surface area contributed by atoms with Gasteiger partial charge in [0.05, 0.1) is 5.69 Å². The van der Waals surface area contributed by atoms with Gasteiger partial charge < -0.3 is 10.6 Å². The van der Waals surface area contributed by atoms with Crippen molar-refractivity contribution in [3.8, 4) is 0 Å². The Morgan fingerprint density at radius 1 is 1.75 bits per heavy atom. The lowest BCUT2D eigenvalue weighted by molar-refractivity contribution is -0.105. The number of carbonyl (C=O) groups is 2. The third kappa shape index (κ3) is 1.59. The van der Waals surface area contributed by atoms with E-state index in [1.54, 1.807) is 5.38 Å². The zero-order chi connectivity index (χ0) is 8.97. The zero-order valence-electron chi connectivity index (χ0n) is 6.33. The normalized spacial score (nSPS) is 9.08. The van der Waals surface area contributed by atoms with Crippen molar-refractivity contribution in [2.75, 3.05) is 12.4 Å². The Kier molecular flexibility index (Phi) is 2.76. The van der Waals surface area contributed by atoms with Crippen LogP contribution in [-0.4, -0.2) is 23.7 Å². The first-order valence-corrected chi connectivity index (χ1v) is 4.00. The van der Waals surface area contributed by atoms with Crippen LogP contribution >= 0.6 is 11.5 Å². The van der Waals surface area contributed by atoms with Crippen LogP contribution in [0.1, 0.15) is 10.5 Å². The molecule has 0 atom stereocenters. The van der Waals surface area contributed by atoms with Gasteiger partial charge in [-0.05, 0) is 11.5 Å². The van der Waals surface area contributed by atoms with Crippen molar-refractivity contribution < 1.29 is 9.59 Å². The van der Waals surface area contributed by atoms with Gasteiger partial charge in [0.15, 0.2) is 5.69 Å². The molecule has 0 spiro atoms. The molecule has 5 nitrogen and oxygen atoms in total. The van der Waals surface area contributed by atoms with Crippen molar-refractivity contribution in [1.29, 1.82) is 0 Å². The van der Waals surface area contributed by atoms with Crippen LogP contribution in [-0.2, 0) is 4.79 Å². The molecular weight excluding hydrogens is 178 g/mol. The Labute approximate surface area is 73.0 Å². The predicted molar refractivity (Wildman–Crippen MR) is 45.2 cm³/mol. The monoisotopic (exact) mass is 185 g/mol. The van der Waals surface area contributed by atoms with Gasteiger partial charge in [-0.2, -0.15) is 4.37 Å². The second-order valence-corrected chi connectivity index (χ2v) is 2.55. The number of aromatic nitrogens is 1. The highest BCUT2D eigenvalue weighted by Crippen LogP contribution is 2.15. The Hall–Kier alpha value is -1.43. The number of nitrogens with one attached hydrogen (secondary N) is 2. The second-order valence-electron chi connectivity index (χ2n) is 1.92. The molecule has 0 aliphatic rings. The molecule has 1 rings (SSSR count). The summed E-state index contributed by atoms with van der Waals surface area (Å²) in [7, 11) is 1.51. The third-order valence-corrected chi connectivity index (χ3v) is 1.86. The first-order chi connectivity index (χ1) is 5.79. The van der Waals surface area contributed by atoms with E-state index in [9.17, 15) is 9.59 Å². The summed E-state index contributed by atoms with van der Waals surface area (Å²) in [4.78, 5) is 21.1.